The molecule has 0 spiro atoms. The number of amides is 1. The van der Waals surface area contributed by atoms with E-state index in [1.807, 2.05) is 30.3 Å². The first-order valence-electron chi connectivity index (χ1n) is 9.42. The number of carbonyl (C=O) groups is 1. The van der Waals surface area contributed by atoms with Crippen molar-refractivity contribution >= 4 is 22.8 Å². The Morgan fingerprint density at radius 3 is 2.71 bits per heavy atom. The van der Waals surface area contributed by atoms with Crippen molar-refractivity contribution in [1.82, 2.24) is 25.2 Å². The average molecular weight is 380 g/mol. The summed E-state index contributed by atoms with van der Waals surface area (Å²) in [5.41, 5.74) is 1.46. The Labute approximate surface area is 163 Å². The van der Waals surface area contributed by atoms with Crippen LogP contribution < -0.4 is 15.0 Å². The van der Waals surface area contributed by atoms with Crippen LogP contribution in [0.2, 0.25) is 0 Å². The highest BCUT2D eigenvalue weighted by Crippen LogP contribution is 2.21. The van der Waals surface area contributed by atoms with Gasteiger partial charge in [0.1, 0.15) is 11.4 Å². The van der Waals surface area contributed by atoms with E-state index in [1.54, 1.807) is 19.5 Å². The number of aromatic nitrogens is 3. The number of fused-ring (bicyclic) bond motifs is 1. The quantitative estimate of drug-likeness (QED) is 0.674. The number of carbonyl (C=O) groups excluding carboxylic acids is 1. The molecule has 0 radical (unpaired) electrons. The van der Waals surface area contributed by atoms with Crippen LogP contribution >= 0.6 is 0 Å². The number of ether oxygens (including phenoxy) is 1. The van der Waals surface area contributed by atoms with Gasteiger partial charge in [0, 0.05) is 68.6 Å². The number of hydrogen-bond acceptors (Lipinski definition) is 6. The van der Waals surface area contributed by atoms with E-state index >= 15 is 0 Å². The molecule has 0 bridgehead atoms. The molecule has 1 amide bonds. The van der Waals surface area contributed by atoms with Gasteiger partial charge in [-0.15, -0.1) is 0 Å². The Hall–Kier alpha value is -3.13. The average Bonchev–Trinajstić information content (AvgIpc) is 3.18. The first-order chi connectivity index (χ1) is 13.7. The molecule has 1 aliphatic rings. The van der Waals surface area contributed by atoms with Crippen LogP contribution in [0.25, 0.3) is 10.9 Å². The number of H-pyrrole nitrogens is 1. The van der Waals surface area contributed by atoms with E-state index in [-0.39, 0.29) is 5.91 Å². The zero-order valence-electron chi connectivity index (χ0n) is 15.9. The van der Waals surface area contributed by atoms with Crippen molar-refractivity contribution in [2.75, 3.05) is 51.3 Å². The van der Waals surface area contributed by atoms with Crippen LogP contribution in [0.3, 0.4) is 0 Å². The lowest BCUT2D eigenvalue weighted by atomic mass is 10.2. The number of nitrogens with zero attached hydrogens (tertiary/aromatic N) is 4. The second-order valence-electron chi connectivity index (χ2n) is 6.77. The summed E-state index contributed by atoms with van der Waals surface area (Å²) in [6.07, 6.45) is 3.54. The number of anilines is 1. The van der Waals surface area contributed by atoms with Crippen molar-refractivity contribution in [2.24, 2.45) is 0 Å². The van der Waals surface area contributed by atoms with Crippen molar-refractivity contribution < 1.29 is 9.53 Å². The second-order valence-corrected chi connectivity index (χ2v) is 6.77. The number of benzene rings is 1. The number of rotatable bonds is 6. The molecule has 8 heteroatoms. The zero-order chi connectivity index (χ0) is 19.3. The molecule has 0 saturated carbocycles. The molecule has 0 aliphatic carbocycles. The van der Waals surface area contributed by atoms with Gasteiger partial charge in [0.25, 0.3) is 5.91 Å². The van der Waals surface area contributed by atoms with Crippen LogP contribution in [0.4, 0.5) is 5.95 Å². The van der Waals surface area contributed by atoms with Gasteiger partial charge in [0.15, 0.2) is 0 Å². The Morgan fingerprint density at radius 1 is 1.18 bits per heavy atom. The maximum Gasteiger partial charge on any atom is 0.267 e. The lowest BCUT2D eigenvalue weighted by Gasteiger charge is -2.34. The van der Waals surface area contributed by atoms with E-state index in [4.69, 9.17) is 4.74 Å². The Kier molecular flexibility index (Phi) is 5.38. The van der Waals surface area contributed by atoms with E-state index < -0.39 is 0 Å². The van der Waals surface area contributed by atoms with Crippen LogP contribution in [0.15, 0.2) is 42.7 Å². The minimum Gasteiger partial charge on any atom is -0.497 e. The maximum absolute atomic E-state index is 12.4. The molecule has 0 unspecified atom stereocenters. The largest absolute Gasteiger partial charge is 0.497 e. The van der Waals surface area contributed by atoms with Gasteiger partial charge in [0.05, 0.1) is 7.11 Å². The first-order valence-corrected chi connectivity index (χ1v) is 9.42. The summed E-state index contributed by atoms with van der Waals surface area (Å²) >= 11 is 0. The molecule has 3 aromatic rings. The van der Waals surface area contributed by atoms with E-state index in [0.29, 0.717) is 12.2 Å². The summed E-state index contributed by atoms with van der Waals surface area (Å²) < 4.78 is 5.22. The number of piperazine rings is 1. The SMILES string of the molecule is COc1ccc2cc(C(=O)NCCN3CCN(c4ncccn4)CC3)[nH]c2c1. The molecule has 2 aromatic heterocycles. The molecule has 4 rings (SSSR count). The Balaban J connectivity index is 1.25. The number of hydrogen-bond donors (Lipinski definition) is 2. The number of methoxy groups -OCH3 is 1. The fraction of sp³-hybridized carbons (Fsp3) is 0.350. The summed E-state index contributed by atoms with van der Waals surface area (Å²) in [7, 11) is 1.63. The van der Waals surface area contributed by atoms with Crippen LogP contribution in [0.1, 0.15) is 10.5 Å². The van der Waals surface area contributed by atoms with Crippen molar-refractivity contribution in [1.29, 1.82) is 0 Å². The van der Waals surface area contributed by atoms with Gasteiger partial charge in [-0.3, -0.25) is 9.69 Å². The molecule has 146 valence electrons. The summed E-state index contributed by atoms with van der Waals surface area (Å²) in [5.74, 6) is 1.46. The van der Waals surface area contributed by atoms with Crippen LogP contribution in [-0.4, -0.2) is 72.1 Å². The summed E-state index contributed by atoms with van der Waals surface area (Å²) in [5, 5.41) is 3.99. The normalized spacial score (nSPS) is 15.0. The number of aromatic amines is 1. The van der Waals surface area contributed by atoms with E-state index in [0.717, 1.165) is 55.3 Å². The Morgan fingerprint density at radius 2 is 1.96 bits per heavy atom. The van der Waals surface area contributed by atoms with Crippen molar-refractivity contribution in [3.8, 4) is 5.75 Å². The lowest BCUT2D eigenvalue weighted by molar-refractivity contribution is 0.0943. The van der Waals surface area contributed by atoms with Gasteiger partial charge in [-0.05, 0) is 24.3 Å². The smallest absolute Gasteiger partial charge is 0.267 e. The Bertz CT molecular complexity index is 934. The summed E-state index contributed by atoms with van der Waals surface area (Å²) in [6, 6.07) is 9.41. The van der Waals surface area contributed by atoms with Gasteiger partial charge in [-0.25, -0.2) is 9.97 Å². The van der Waals surface area contributed by atoms with Crippen LogP contribution in [-0.2, 0) is 0 Å². The summed E-state index contributed by atoms with van der Waals surface area (Å²) in [6.45, 7) is 5.08. The zero-order valence-corrected chi connectivity index (χ0v) is 15.9. The van der Waals surface area contributed by atoms with Gasteiger partial charge in [-0.1, -0.05) is 0 Å². The lowest BCUT2D eigenvalue weighted by Crippen LogP contribution is -2.49. The molecule has 1 saturated heterocycles. The minimum absolute atomic E-state index is 0.0912. The minimum atomic E-state index is -0.0912. The van der Waals surface area contributed by atoms with E-state index in [1.165, 1.54) is 0 Å². The molecule has 1 aliphatic heterocycles. The maximum atomic E-state index is 12.4. The fourth-order valence-corrected chi connectivity index (χ4v) is 3.40. The molecular weight excluding hydrogens is 356 g/mol. The standard InChI is InChI=1S/C20H24N6O2/c1-28-16-4-3-15-13-18(24-17(15)14-16)19(27)21-7-8-25-9-11-26(12-10-25)20-22-5-2-6-23-20/h2-6,13-14,24H,7-12H2,1H3,(H,21,27). The molecule has 8 nitrogen and oxygen atoms in total. The van der Waals surface area contributed by atoms with Crippen molar-refractivity contribution in [2.45, 2.75) is 0 Å². The van der Waals surface area contributed by atoms with Gasteiger partial charge < -0.3 is 19.9 Å². The topological polar surface area (TPSA) is 86.4 Å². The van der Waals surface area contributed by atoms with E-state index in [9.17, 15) is 4.79 Å². The molecule has 28 heavy (non-hydrogen) atoms. The third-order valence-electron chi connectivity index (χ3n) is 5.00. The molecular formula is C20H24N6O2. The highest BCUT2D eigenvalue weighted by atomic mass is 16.5. The van der Waals surface area contributed by atoms with Gasteiger partial charge >= 0.3 is 0 Å². The van der Waals surface area contributed by atoms with Crippen molar-refractivity contribution in [3.05, 3.63) is 48.4 Å². The third-order valence-corrected chi connectivity index (χ3v) is 5.00. The highest BCUT2D eigenvalue weighted by molar-refractivity contribution is 5.98. The van der Waals surface area contributed by atoms with Gasteiger partial charge in [0.2, 0.25) is 5.95 Å². The summed E-state index contributed by atoms with van der Waals surface area (Å²) in [4.78, 5) is 28.7. The molecule has 3 heterocycles. The molecule has 2 N–H and O–H groups in total. The predicted molar refractivity (Wildman–Crippen MR) is 108 cm³/mol. The van der Waals surface area contributed by atoms with Crippen LogP contribution in [0.5, 0.6) is 5.75 Å². The third kappa shape index (κ3) is 4.07. The monoisotopic (exact) mass is 380 g/mol. The molecule has 0 atom stereocenters. The predicted octanol–water partition coefficient (Wildman–Crippen LogP) is 1.52. The first kappa shape index (κ1) is 18.2. The van der Waals surface area contributed by atoms with Gasteiger partial charge in [-0.2, -0.15) is 0 Å². The highest BCUT2D eigenvalue weighted by Gasteiger charge is 2.18. The van der Waals surface area contributed by atoms with Crippen molar-refractivity contribution in [3.63, 3.8) is 0 Å². The number of nitrogens with one attached hydrogen (secondary N) is 2. The van der Waals surface area contributed by atoms with E-state index in [2.05, 4.69) is 30.1 Å². The molecule has 1 aromatic carbocycles. The second kappa shape index (κ2) is 8.26. The molecule has 1 fully saturated rings. The van der Waals surface area contributed by atoms with Crippen LogP contribution in [0, 0.1) is 0 Å². The fourth-order valence-electron chi connectivity index (χ4n) is 3.40.